The van der Waals surface area contributed by atoms with Gasteiger partial charge in [-0.2, -0.15) is 0 Å². The van der Waals surface area contributed by atoms with Crippen LogP contribution in [0.15, 0.2) is 42.5 Å². The molecule has 0 saturated heterocycles. The van der Waals surface area contributed by atoms with Crippen LogP contribution in [0.5, 0.6) is 0 Å². The zero-order valence-corrected chi connectivity index (χ0v) is 12.5. The van der Waals surface area contributed by atoms with Gasteiger partial charge in [-0.25, -0.2) is 4.39 Å². The van der Waals surface area contributed by atoms with Crippen LogP contribution < -0.4 is 5.73 Å². The van der Waals surface area contributed by atoms with Crippen molar-refractivity contribution in [1.82, 2.24) is 4.90 Å². The van der Waals surface area contributed by atoms with Crippen LogP contribution in [-0.4, -0.2) is 10.9 Å². The Kier molecular flexibility index (Phi) is 4.13. The SMILES string of the molecule is Nc1ccc(CN(Cc2cccc(F)c2Cl)C2CC2)cc1. The fourth-order valence-corrected chi connectivity index (χ4v) is 2.69. The zero-order valence-electron chi connectivity index (χ0n) is 11.7. The van der Waals surface area contributed by atoms with E-state index in [0.717, 1.165) is 17.8 Å². The molecular weight excluding hydrogens is 287 g/mol. The topological polar surface area (TPSA) is 29.3 Å². The normalized spacial score (nSPS) is 14.6. The van der Waals surface area contributed by atoms with Gasteiger partial charge in [0.1, 0.15) is 5.82 Å². The Balaban J connectivity index is 1.76. The summed E-state index contributed by atoms with van der Waals surface area (Å²) in [7, 11) is 0. The first kappa shape index (κ1) is 14.4. The Bertz CT molecular complexity index is 623. The molecule has 1 aliphatic rings. The van der Waals surface area contributed by atoms with Gasteiger partial charge in [0, 0.05) is 24.8 Å². The van der Waals surface area contributed by atoms with E-state index in [2.05, 4.69) is 4.90 Å². The average molecular weight is 305 g/mol. The van der Waals surface area contributed by atoms with Crippen LogP contribution in [0, 0.1) is 5.82 Å². The molecule has 0 aromatic heterocycles. The summed E-state index contributed by atoms with van der Waals surface area (Å²) in [5.74, 6) is -0.350. The lowest BCUT2D eigenvalue weighted by Crippen LogP contribution is -2.25. The van der Waals surface area contributed by atoms with Gasteiger partial charge in [-0.05, 0) is 42.2 Å². The Morgan fingerprint density at radius 3 is 2.48 bits per heavy atom. The monoisotopic (exact) mass is 304 g/mol. The first-order chi connectivity index (χ1) is 10.1. The van der Waals surface area contributed by atoms with Crippen LogP contribution in [-0.2, 0) is 13.1 Å². The van der Waals surface area contributed by atoms with Crippen LogP contribution >= 0.6 is 11.6 Å². The third kappa shape index (κ3) is 3.55. The summed E-state index contributed by atoms with van der Waals surface area (Å²) < 4.78 is 13.6. The summed E-state index contributed by atoms with van der Waals surface area (Å²) >= 11 is 6.07. The Morgan fingerprint density at radius 2 is 1.81 bits per heavy atom. The van der Waals surface area contributed by atoms with Crippen molar-refractivity contribution in [3.63, 3.8) is 0 Å². The van der Waals surface area contributed by atoms with Gasteiger partial charge in [-0.1, -0.05) is 35.9 Å². The summed E-state index contributed by atoms with van der Waals surface area (Å²) in [6, 6.07) is 13.5. The number of nitrogens with zero attached hydrogens (tertiary/aromatic N) is 1. The van der Waals surface area contributed by atoms with Crippen molar-refractivity contribution < 1.29 is 4.39 Å². The second kappa shape index (κ2) is 6.04. The highest BCUT2D eigenvalue weighted by molar-refractivity contribution is 6.31. The molecule has 0 radical (unpaired) electrons. The molecule has 0 unspecified atom stereocenters. The number of nitrogens with two attached hydrogens (primary N) is 1. The molecule has 3 rings (SSSR count). The Hall–Kier alpha value is -1.58. The zero-order chi connectivity index (χ0) is 14.8. The van der Waals surface area contributed by atoms with Crippen molar-refractivity contribution in [2.45, 2.75) is 32.0 Å². The van der Waals surface area contributed by atoms with Crippen LogP contribution in [0.1, 0.15) is 24.0 Å². The fourth-order valence-electron chi connectivity index (χ4n) is 2.50. The Morgan fingerprint density at radius 1 is 1.10 bits per heavy atom. The third-order valence-electron chi connectivity index (χ3n) is 3.83. The van der Waals surface area contributed by atoms with E-state index in [0.29, 0.717) is 12.6 Å². The van der Waals surface area contributed by atoms with E-state index < -0.39 is 0 Å². The minimum atomic E-state index is -0.350. The molecule has 2 nitrogen and oxygen atoms in total. The molecule has 0 spiro atoms. The lowest BCUT2D eigenvalue weighted by Gasteiger charge is -2.23. The maximum atomic E-state index is 13.6. The van der Waals surface area contributed by atoms with Crippen LogP contribution in [0.4, 0.5) is 10.1 Å². The summed E-state index contributed by atoms with van der Waals surface area (Å²) in [5.41, 5.74) is 8.54. The number of benzene rings is 2. The standard InChI is InChI=1S/C17H18ClFN2/c18-17-13(2-1-3-16(17)19)11-21(15-8-9-15)10-12-4-6-14(20)7-5-12/h1-7,15H,8-11,20H2. The van der Waals surface area contributed by atoms with Crippen molar-refractivity contribution in [2.24, 2.45) is 0 Å². The Labute approximate surface area is 129 Å². The fraction of sp³-hybridized carbons (Fsp3) is 0.294. The molecule has 21 heavy (non-hydrogen) atoms. The molecule has 0 aliphatic heterocycles. The van der Waals surface area contributed by atoms with Gasteiger partial charge < -0.3 is 5.73 Å². The molecule has 0 atom stereocenters. The molecule has 4 heteroatoms. The summed E-state index contributed by atoms with van der Waals surface area (Å²) in [4.78, 5) is 2.35. The molecular formula is C17H18ClFN2. The number of halogens is 2. The van der Waals surface area contributed by atoms with Gasteiger partial charge >= 0.3 is 0 Å². The van der Waals surface area contributed by atoms with Crippen molar-refractivity contribution in [1.29, 1.82) is 0 Å². The van der Waals surface area contributed by atoms with E-state index in [1.165, 1.54) is 24.5 Å². The highest BCUT2D eigenvalue weighted by Gasteiger charge is 2.29. The van der Waals surface area contributed by atoms with Gasteiger partial charge in [0.05, 0.1) is 5.02 Å². The van der Waals surface area contributed by atoms with Crippen molar-refractivity contribution in [3.8, 4) is 0 Å². The highest BCUT2D eigenvalue weighted by Crippen LogP contribution is 2.31. The molecule has 2 N–H and O–H groups in total. The highest BCUT2D eigenvalue weighted by atomic mass is 35.5. The van der Waals surface area contributed by atoms with Crippen LogP contribution in [0.2, 0.25) is 5.02 Å². The second-order valence-corrected chi connectivity index (χ2v) is 5.97. The molecule has 2 aromatic rings. The van der Waals surface area contributed by atoms with Crippen molar-refractivity contribution in [3.05, 3.63) is 64.4 Å². The minimum absolute atomic E-state index is 0.237. The number of anilines is 1. The summed E-state index contributed by atoms with van der Waals surface area (Å²) in [6.07, 6.45) is 2.39. The predicted molar refractivity (Wildman–Crippen MR) is 84.5 cm³/mol. The van der Waals surface area contributed by atoms with Crippen LogP contribution in [0.3, 0.4) is 0 Å². The average Bonchev–Trinajstić information content (AvgIpc) is 3.30. The molecule has 2 aromatic carbocycles. The number of hydrogen-bond donors (Lipinski definition) is 1. The van der Waals surface area contributed by atoms with E-state index in [1.807, 2.05) is 30.3 Å². The lowest BCUT2D eigenvalue weighted by molar-refractivity contribution is 0.245. The molecule has 0 bridgehead atoms. The number of hydrogen-bond acceptors (Lipinski definition) is 2. The first-order valence-corrected chi connectivity index (χ1v) is 7.52. The largest absolute Gasteiger partial charge is 0.399 e. The smallest absolute Gasteiger partial charge is 0.142 e. The van der Waals surface area contributed by atoms with Gasteiger partial charge in [-0.3, -0.25) is 4.90 Å². The maximum absolute atomic E-state index is 13.6. The second-order valence-electron chi connectivity index (χ2n) is 5.59. The van der Waals surface area contributed by atoms with E-state index in [1.54, 1.807) is 6.07 Å². The number of nitrogen functional groups attached to an aromatic ring is 1. The van der Waals surface area contributed by atoms with Gasteiger partial charge in [-0.15, -0.1) is 0 Å². The van der Waals surface area contributed by atoms with Crippen LogP contribution in [0.25, 0.3) is 0 Å². The van der Waals surface area contributed by atoms with Gasteiger partial charge in [0.25, 0.3) is 0 Å². The van der Waals surface area contributed by atoms with Gasteiger partial charge in [0.15, 0.2) is 0 Å². The minimum Gasteiger partial charge on any atom is -0.399 e. The molecule has 1 aliphatic carbocycles. The first-order valence-electron chi connectivity index (χ1n) is 7.15. The predicted octanol–water partition coefficient (Wildman–Crippen LogP) is 4.23. The maximum Gasteiger partial charge on any atom is 0.142 e. The molecule has 1 fully saturated rings. The molecule has 110 valence electrons. The third-order valence-corrected chi connectivity index (χ3v) is 4.26. The lowest BCUT2D eigenvalue weighted by atomic mass is 10.1. The quantitative estimate of drug-likeness (QED) is 0.838. The number of rotatable bonds is 5. The summed E-state index contributed by atoms with van der Waals surface area (Å²) in [6.45, 7) is 1.50. The molecule has 0 amide bonds. The molecule has 1 saturated carbocycles. The van der Waals surface area contributed by atoms with E-state index >= 15 is 0 Å². The van der Waals surface area contributed by atoms with E-state index in [-0.39, 0.29) is 10.8 Å². The van der Waals surface area contributed by atoms with Gasteiger partial charge in [0.2, 0.25) is 0 Å². The molecule has 0 heterocycles. The summed E-state index contributed by atoms with van der Waals surface area (Å²) in [5, 5.41) is 0.237. The van der Waals surface area contributed by atoms with Crippen molar-refractivity contribution >= 4 is 17.3 Å². The van der Waals surface area contributed by atoms with E-state index in [9.17, 15) is 4.39 Å². The van der Waals surface area contributed by atoms with Crippen molar-refractivity contribution in [2.75, 3.05) is 5.73 Å². The van der Waals surface area contributed by atoms with E-state index in [4.69, 9.17) is 17.3 Å².